The standard InChI is InChI=1S/C29H44F2N2O/c1-3-5-7-8-9-10-11-12-13-14-15-24-17-19-25(20-18-24)29-32-21-26(22-33-29)34-23-28(31)27(30)16-6-4-2/h17-22,27-28H,3-16,23H2,1-2H3. The Hall–Kier alpha value is -2.04. The molecule has 0 aliphatic heterocycles. The number of ether oxygens (including phenoxy) is 1. The van der Waals surface area contributed by atoms with Gasteiger partial charge in [0.25, 0.3) is 0 Å². The molecule has 0 N–H and O–H groups in total. The number of aromatic nitrogens is 2. The lowest BCUT2D eigenvalue weighted by Gasteiger charge is -2.14. The van der Waals surface area contributed by atoms with Crippen LogP contribution in [0, 0.1) is 0 Å². The highest BCUT2D eigenvalue weighted by Crippen LogP contribution is 2.20. The van der Waals surface area contributed by atoms with Crippen LogP contribution in [0.25, 0.3) is 11.4 Å². The molecule has 0 saturated heterocycles. The number of hydrogen-bond acceptors (Lipinski definition) is 3. The van der Waals surface area contributed by atoms with Crippen molar-refractivity contribution in [3.63, 3.8) is 0 Å². The summed E-state index contributed by atoms with van der Waals surface area (Å²) >= 11 is 0. The molecule has 1 aromatic heterocycles. The second-order valence-corrected chi connectivity index (χ2v) is 9.36. The van der Waals surface area contributed by atoms with Gasteiger partial charge in [-0.1, -0.05) is 109 Å². The van der Waals surface area contributed by atoms with Crippen molar-refractivity contribution in [3.8, 4) is 17.1 Å². The second-order valence-electron chi connectivity index (χ2n) is 9.36. The molecule has 0 aliphatic rings. The quantitative estimate of drug-likeness (QED) is 0.191. The second kappa shape index (κ2) is 17.4. The first-order chi connectivity index (χ1) is 16.6. The van der Waals surface area contributed by atoms with Gasteiger partial charge in [-0.3, -0.25) is 0 Å². The van der Waals surface area contributed by atoms with E-state index >= 15 is 0 Å². The first kappa shape index (κ1) is 28.2. The largest absolute Gasteiger partial charge is 0.487 e. The van der Waals surface area contributed by atoms with E-state index < -0.39 is 12.3 Å². The van der Waals surface area contributed by atoms with E-state index in [0.29, 0.717) is 18.0 Å². The van der Waals surface area contributed by atoms with Crippen LogP contribution >= 0.6 is 0 Å². The summed E-state index contributed by atoms with van der Waals surface area (Å²) in [4.78, 5) is 8.65. The van der Waals surface area contributed by atoms with E-state index in [2.05, 4.69) is 29.0 Å². The predicted octanol–water partition coefficient (Wildman–Crippen LogP) is 8.85. The van der Waals surface area contributed by atoms with Gasteiger partial charge in [0.05, 0.1) is 12.4 Å². The summed E-state index contributed by atoms with van der Waals surface area (Å²) in [5.74, 6) is 0.952. The van der Waals surface area contributed by atoms with Gasteiger partial charge in [-0.2, -0.15) is 0 Å². The summed E-state index contributed by atoms with van der Waals surface area (Å²) in [7, 11) is 0. The van der Waals surface area contributed by atoms with Crippen molar-refractivity contribution in [2.24, 2.45) is 0 Å². The van der Waals surface area contributed by atoms with Crippen LogP contribution in [0.1, 0.15) is 103 Å². The van der Waals surface area contributed by atoms with Crippen molar-refractivity contribution in [2.45, 2.75) is 116 Å². The predicted molar refractivity (Wildman–Crippen MR) is 138 cm³/mol. The number of nitrogens with zero attached hydrogens (tertiary/aromatic N) is 2. The lowest BCUT2D eigenvalue weighted by Crippen LogP contribution is -2.24. The Morgan fingerprint density at radius 2 is 1.26 bits per heavy atom. The van der Waals surface area contributed by atoms with Crippen LogP contribution in [0.4, 0.5) is 8.78 Å². The molecule has 0 saturated carbocycles. The maximum Gasteiger partial charge on any atom is 0.165 e. The van der Waals surface area contributed by atoms with E-state index in [1.807, 2.05) is 19.1 Å². The Labute approximate surface area is 205 Å². The fourth-order valence-corrected chi connectivity index (χ4v) is 4.04. The molecule has 0 fully saturated rings. The molecule has 2 aromatic rings. The molecule has 5 heteroatoms. The number of rotatable bonds is 19. The summed E-state index contributed by atoms with van der Waals surface area (Å²) in [6.45, 7) is 3.91. The van der Waals surface area contributed by atoms with Crippen LogP contribution in [0.15, 0.2) is 36.7 Å². The molecule has 2 atom stereocenters. The Morgan fingerprint density at radius 3 is 1.85 bits per heavy atom. The first-order valence-electron chi connectivity index (χ1n) is 13.5. The Kier molecular flexibility index (Phi) is 14.4. The minimum absolute atomic E-state index is 0.228. The van der Waals surface area contributed by atoms with Gasteiger partial charge in [0.2, 0.25) is 0 Å². The molecule has 0 spiro atoms. The number of unbranched alkanes of at least 4 members (excludes halogenated alkanes) is 10. The van der Waals surface area contributed by atoms with Gasteiger partial charge >= 0.3 is 0 Å². The number of hydrogen-bond donors (Lipinski definition) is 0. The van der Waals surface area contributed by atoms with Gasteiger partial charge in [0.1, 0.15) is 12.8 Å². The van der Waals surface area contributed by atoms with Crippen LogP contribution in [-0.2, 0) is 6.42 Å². The van der Waals surface area contributed by atoms with E-state index in [0.717, 1.165) is 18.4 Å². The number of benzene rings is 1. The monoisotopic (exact) mass is 474 g/mol. The molecule has 190 valence electrons. The summed E-state index contributed by atoms with van der Waals surface area (Å²) in [5, 5.41) is 0. The van der Waals surface area contributed by atoms with Crippen LogP contribution < -0.4 is 4.74 Å². The van der Waals surface area contributed by atoms with Crippen molar-refractivity contribution in [1.82, 2.24) is 9.97 Å². The molecule has 1 heterocycles. The number of halogens is 2. The SMILES string of the molecule is CCCCCCCCCCCCc1ccc(-c2ncc(OCC(F)C(F)CCCC)cn2)cc1. The normalized spacial score (nSPS) is 13.1. The Balaban J connectivity index is 1.65. The Morgan fingerprint density at radius 1 is 0.706 bits per heavy atom. The maximum absolute atomic E-state index is 13.9. The highest BCUT2D eigenvalue weighted by atomic mass is 19.2. The zero-order chi connectivity index (χ0) is 24.4. The average molecular weight is 475 g/mol. The minimum atomic E-state index is -1.63. The highest BCUT2D eigenvalue weighted by molar-refractivity contribution is 5.55. The van der Waals surface area contributed by atoms with Crippen LogP contribution in [0.3, 0.4) is 0 Å². The molecule has 2 rings (SSSR count). The third kappa shape index (κ3) is 11.4. The molecule has 1 aromatic carbocycles. The third-order valence-corrected chi connectivity index (χ3v) is 6.29. The van der Waals surface area contributed by atoms with E-state index in [1.165, 1.54) is 82.2 Å². The number of aryl methyl sites for hydroxylation is 1. The van der Waals surface area contributed by atoms with Crippen molar-refractivity contribution >= 4 is 0 Å². The molecule has 0 amide bonds. The third-order valence-electron chi connectivity index (χ3n) is 6.29. The van der Waals surface area contributed by atoms with Crippen molar-refractivity contribution in [1.29, 1.82) is 0 Å². The van der Waals surface area contributed by atoms with Gasteiger partial charge in [0, 0.05) is 5.56 Å². The van der Waals surface area contributed by atoms with Gasteiger partial charge < -0.3 is 4.74 Å². The maximum atomic E-state index is 13.9. The summed E-state index contributed by atoms with van der Waals surface area (Å²) in [5.41, 5.74) is 2.27. The van der Waals surface area contributed by atoms with Gasteiger partial charge in [-0.05, 0) is 24.8 Å². The lowest BCUT2D eigenvalue weighted by molar-refractivity contribution is 0.102. The van der Waals surface area contributed by atoms with Crippen LogP contribution in [-0.4, -0.2) is 28.9 Å². The molecule has 2 unspecified atom stereocenters. The summed E-state index contributed by atoms with van der Waals surface area (Å²) in [6, 6.07) is 8.37. The van der Waals surface area contributed by atoms with E-state index in [1.54, 1.807) is 0 Å². The number of alkyl halides is 2. The minimum Gasteiger partial charge on any atom is -0.487 e. The van der Waals surface area contributed by atoms with E-state index in [9.17, 15) is 8.78 Å². The summed E-state index contributed by atoms with van der Waals surface area (Å²) in [6.07, 6.45) is 16.3. The average Bonchev–Trinajstić information content (AvgIpc) is 2.87. The molecular weight excluding hydrogens is 430 g/mol. The van der Waals surface area contributed by atoms with E-state index in [4.69, 9.17) is 4.74 Å². The zero-order valence-corrected chi connectivity index (χ0v) is 21.3. The first-order valence-corrected chi connectivity index (χ1v) is 13.5. The smallest absolute Gasteiger partial charge is 0.165 e. The molecule has 34 heavy (non-hydrogen) atoms. The topological polar surface area (TPSA) is 35.0 Å². The molecule has 0 bridgehead atoms. The van der Waals surface area contributed by atoms with Gasteiger partial charge in [-0.15, -0.1) is 0 Å². The Bertz CT molecular complexity index is 752. The highest BCUT2D eigenvalue weighted by Gasteiger charge is 2.20. The van der Waals surface area contributed by atoms with Crippen molar-refractivity contribution in [3.05, 3.63) is 42.2 Å². The fraction of sp³-hybridized carbons (Fsp3) is 0.655. The zero-order valence-electron chi connectivity index (χ0n) is 21.3. The molecular formula is C29H44F2N2O. The van der Waals surface area contributed by atoms with Gasteiger partial charge in [-0.25, -0.2) is 18.7 Å². The molecule has 3 nitrogen and oxygen atoms in total. The fourth-order valence-electron chi connectivity index (χ4n) is 4.04. The molecule has 0 radical (unpaired) electrons. The summed E-state index contributed by atoms with van der Waals surface area (Å²) < 4.78 is 32.9. The van der Waals surface area contributed by atoms with Crippen LogP contribution in [0.2, 0.25) is 0 Å². The van der Waals surface area contributed by atoms with Crippen LogP contribution in [0.5, 0.6) is 5.75 Å². The van der Waals surface area contributed by atoms with Crippen molar-refractivity contribution in [2.75, 3.05) is 6.61 Å². The van der Waals surface area contributed by atoms with Gasteiger partial charge in [0.15, 0.2) is 17.7 Å². The van der Waals surface area contributed by atoms with Crippen molar-refractivity contribution < 1.29 is 13.5 Å². The van der Waals surface area contributed by atoms with E-state index in [-0.39, 0.29) is 13.0 Å². The molecule has 0 aliphatic carbocycles. The lowest BCUT2D eigenvalue weighted by atomic mass is 10.0.